The monoisotopic (exact) mass is 327 g/mol. The third kappa shape index (κ3) is 2.85. The molecule has 7 nitrogen and oxygen atoms in total. The van der Waals surface area contributed by atoms with Crippen LogP contribution in [0.25, 0.3) is 10.8 Å². The van der Waals surface area contributed by atoms with Gasteiger partial charge in [-0.05, 0) is 18.9 Å². The van der Waals surface area contributed by atoms with Crippen molar-refractivity contribution >= 4 is 33.1 Å². The number of amides is 1. The average Bonchev–Trinajstić information content (AvgIpc) is 3.31. The van der Waals surface area contributed by atoms with Crippen molar-refractivity contribution in [2.75, 3.05) is 5.32 Å². The van der Waals surface area contributed by atoms with Crippen LogP contribution in [-0.2, 0) is 11.2 Å². The molecule has 1 saturated carbocycles. The molecule has 0 saturated heterocycles. The smallest absolute Gasteiger partial charge is 0.272 e. The molecule has 1 aromatic carbocycles. The van der Waals surface area contributed by atoms with Gasteiger partial charge in [-0.2, -0.15) is 5.10 Å². The van der Waals surface area contributed by atoms with Gasteiger partial charge in [0.05, 0.1) is 17.5 Å². The minimum atomic E-state index is -0.261. The molecule has 0 unspecified atom stereocenters. The van der Waals surface area contributed by atoms with Gasteiger partial charge in [0.2, 0.25) is 11.0 Å². The highest BCUT2D eigenvalue weighted by atomic mass is 32.1. The fourth-order valence-electron chi connectivity index (χ4n) is 2.40. The van der Waals surface area contributed by atoms with Gasteiger partial charge in [-0.25, -0.2) is 5.10 Å². The van der Waals surface area contributed by atoms with Gasteiger partial charge in [-0.15, -0.1) is 10.2 Å². The van der Waals surface area contributed by atoms with E-state index in [1.54, 1.807) is 18.2 Å². The summed E-state index contributed by atoms with van der Waals surface area (Å²) in [5, 5.41) is 20.0. The molecule has 0 spiro atoms. The maximum Gasteiger partial charge on any atom is 0.272 e. The molecule has 0 aliphatic heterocycles. The van der Waals surface area contributed by atoms with E-state index in [4.69, 9.17) is 0 Å². The Bertz CT molecular complexity index is 944. The number of nitrogens with one attached hydrogen (secondary N) is 2. The first kappa shape index (κ1) is 14.0. The number of fused-ring (bicyclic) bond motifs is 1. The first-order chi connectivity index (χ1) is 11.2. The summed E-state index contributed by atoms with van der Waals surface area (Å²) < 4.78 is 0. The number of H-pyrrole nitrogens is 1. The molecule has 116 valence electrons. The van der Waals surface area contributed by atoms with E-state index in [2.05, 4.69) is 25.7 Å². The molecule has 8 heteroatoms. The standard InChI is InChI=1S/C15H13N5O2S/c21-12(16-15-20-19-14(23-15)8-5-6-8)7-11-9-3-1-2-4-10(9)13(22)18-17-11/h1-4,8H,5-7H2,(H,18,22)(H,16,20,21). The lowest BCUT2D eigenvalue weighted by Crippen LogP contribution is -2.18. The summed E-state index contributed by atoms with van der Waals surface area (Å²) in [5.74, 6) is 0.288. The zero-order chi connectivity index (χ0) is 15.8. The van der Waals surface area contributed by atoms with Gasteiger partial charge in [-0.3, -0.25) is 9.59 Å². The van der Waals surface area contributed by atoms with E-state index < -0.39 is 0 Å². The summed E-state index contributed by atoms with van der Waals surface area (Å²) in [6, 6.07) is 7.10. The minimum absolute atomic E-state index is 0.0651. The lowest BCUT2D eigenvalue weighted by Gasteiger charge is -2.04. The van der Waals surface area contributed by atoms with Crippen molar-refractivity contribution in [3.05, 3.63) is 45.3 Å². The number of carbonyl (C=O) groups is 1. The van der Waals surface area contributed by atoms with Crippen LogP contribution in [0.2, 0.25) is 0 Å². The van der Waals surface area contributed by atoms with Crippen molar-refractivity contribution in [3.8, 4) is 0 Å². The second-order valence-electron chi connectivity index (χ2n) is 5.49. The van der Waals surface area contributed by atoms with Crippen LogP contribution in [-0.4, -0.2) is 26.3 Å². The van der Waals surface area contributed by atoms with Crippen molar-refractivity contribution in [2.24, 2.45) is 0 Å². The summed E-state index contributed by atoms with van der Waals surface area (Å²) in [6.45, 7) is 0. The number of hydrogen-bond acceptors (Lipinski definition) is 6. The third-order valence-electron chi connectivity index (χ3n) is 3.72. The first-order valence-electron chi connectivity index (χ1n) is 7.30. The van der Waals surface area contributed by atoms with Gasteiger partial charge in [0, 0.05) is 11.3 Å². The maximum absolute atomic E-state index is 12.2. The second-order valence-corrected chi connectivity index (χ2v) is 6.50. The van der Waals surface area contributed by atoms with E-state index in [-0.39, 0.29) is 17.9 Å². The van der Waals surface area contributed by atoms with E-state index in [1.165, 1.54) is 11.3 Å². The molecule has 2 aromatic heterocycles. The van der Waals surface area contributed by atoms with Gasteiger partial charge in [0.15, 0.2) is 0 Å². The van der Waals surface area contributed by atoms with Gasteiger partial charge >= 0.3 is 0 Å². The van der Waals surface area contributed by atoms with E-state index in [1.807, 2.05) is 6.07 Å². The number of aromatic nitrogens is 4. The fourth-order valence-corrected chi connectivity index (χ4v) is 3.33. The highest BCUT2D eigenvalue weighted by Crippen LogP contribution is 2.42. The second kappa shape index (κ2) is 5.54. The number of benzene rings is 1. The van der Waals surface area contributed by atoms with Crippen LogP contribution >= 0.6 is 11.3 Å². The number of anilines is 1. The Balaban J connectivity index is 1.54. The Morgan fingerprint density at radius 3 is 2.83 bits per heavy atom. The molecule has 3 aromatic rings. The summed E-state index contributed by atoms with van der Waals surface area (Å²) in [7, 11) is 0. The zero-order valence-electron chi connectivity index (χ0n) is 12.1. The lowest BCUT2D eigenvalue weighted by molar-refractivity contribution is -0.115. The molecule has 1 fully saturated rings. The van der Waals surface area contributed by atoms with Gasteiger partial charge in [0.25, 0.3) is 5.56 Å². The molecule has 1 amide bonds. The molecule has 0 radical (unpaired) electrons. The minimum Gasteiger partial charge on any atom is -0.300 e. The normalized spacial score (nSPS) is 14.1. The summed E-state index contributed by atoms with van der Waals surface area (Å²) in [4.78, 5) is 23.9. The number of nitrogens with zero attached hydrogens (tertiary/aromatic N) is 3. The number of carbonyl (C=O) groups excluding carboxylic acids is 1. The van der Waals surface area contributed by atoms with Crippen LogP contribution in [0.1, 0.15) is 29.5 Å². The lowest BCUT2D eigenvalue weighted by atomic mass is 10.1. The van der Waals surface area contributed by atoms with Crippen LogP contribution in [0.5, 0.6) is 0 Å². The van der Waals surface area contributed by atoms with Crippen LogP contribution in [0.3, 0.4) is 0 Å². The Kier molecular flexibility index (Phi) is 3.38. The van der Waals surface area contributed by atoms with E-state index in [9.17, 15) is 9.59 Å². The number of rotatable bonds is 4. The highest BCUT2D eigenvalue weighted by molar-refractivity contribution is 7.15. The Labute approximate surface area is 134 Å². The quantitative estimate of drug-likeness (QED) is 0.761. The topological polar surface area (TPSA) is 101 Å². The summed E-state index contributed by atoms with van der Waals surface area (Å²) >= 11 is 1.42. The molecule has 0 atom stereocenters. The summed E-state index contributed by atoms with van der Waals surface area (Å²) in [5.41, 5.74) is 0.271. The van der Waals surface area contributed by atoms with Crippen molar-refractivity contribution in [1.29, 1.82) is 0 Å². The maximum atomic E-state index is 12.2. The number of aromatic amines is 1. The van der Waals surface area contributed by atoms with Gasteiger partial charge in [0.1, 0.15) is 5.01 Å². The molecule has 1 aliphatic rings. The van der Waals surface area contributed by atoms with Crippen molar-refractivity contribution in [2.45, 2.75) is 25.2 Å². The highest BCUT2D eigenvalue weighted by Gasteiger charge is 2.27. The average molecular weight is 327 g/mol. The van der Waals surface area contributed by atoms with E-state index >= 15 is 0 Å². The first-order valence-corrected chi connectivity index (χ1v) is 8.12. The Hall–Kier alpha value is -2.61. The molecule has 4 rings (SSSR count). The molecule has 2 N–H and O–H groups in total. The predicted molar refractivity (Wildman–Crippen MR) is 86.6 cm³/mol. The molecular formula is C15H13N5O2S. The van der Waals surface area contributed by atoms with Gasteiger partial charge in [-0.1, -0.05) is 29.5 Å². The van der Waals surface area contributed by atoms with Crippen LogP contribution in [0.15, 0.2) is 29.1 Å². The van der Waals surface area contributed by atoms with Crippen LogP contribution in [0.4, 0.5) is 5.13 Å². The molecule has 23 heavy (non-hydrogen) atoms. The third-order valence-corrected chi connectivity index (χ3v) is 4.72. The largest absolute Gasteiger partial charge is 0.300 e. The van der Waals surface area contributed by atoms with Crippen molar-refractivity contribution in [1.82, 2.24) is 20.4 Å². The fraction of sp³-hybridized carbons (Fsp3) is 0.267. The van der Waals surface area contributed by atoms with Gasteiger partial charge < -0.3 is 5.32 Å². The van der Waals surface area contributed by atoms with E-state index in [0.29, 0.717) is 27.5 Å². The molecular weight excluding hydrogens is 314 g/mol. The van der Waals surface area contributed by atoms with Crippen molar-refractivity contribution < 1.29 is 4.79 Å². The van der Waals surface area contributed by atoms with Crippen LogP contribution < -0.4 is 10.9 Å². The zero-order valence-corrected chi connectivity index (χ0v) is 12.9. The molecule has 0 bridgehead atoms. The summed E-state index contributed by atoms with van der Waals surface area (Å²) in [6.07, 6.45) is 2.36. The Morgan fingerprint density at radius 2 is 2.04 bits per heavy atom. The van der Waals surface area contributed by atoms with Crippen LogP contribution in [0, 0.1) is 0 Å². The van der Waals surface area contributed by atoms with Crippen molar-refractivity contribution in [3.63, 3.8) is 0 Å². The SMILES string of the molecule is O=C(Cc1n[nH]c(=O)c2ccccc12)Nc1nnc(C2CC2)s1. The molecule has 1 aliphatic carbocycles. The van der Waals surface area contributed by atoms with E-state index in [0.717, 1.165) is 17.8 Å². The predicted octanol–water partition coefficient (Wildman–Crippen LogP) is 1.83. The molecule has 2 heterocycles. The number of hydrogen-bond donors (Lipinski definition) is 2. The Morgan fingerprint density at radius 1 is 1.26 bits per heavy atom.